The molecular weight excluding hydrogens is 256 g/mol. The molecule has 3 rings (SSSR count). The van der Waals surface area contributed by atoms with E-state index in [4.69, 9.17) is 9.72 Å². The molecule has 19 heavy (non-hydrogen) atoms. The van der Waals surface area contributed by atoms with Crippen LogP contribution in [0.4, 0.5) is 0 Å². The van der Waals surface area contributed by atoms with Crippen molar-refractivity contribution in [2.24, 2.45) is 0 Å². The molecule has 0 bridgehead atoms. The molecular formula is C15H24N2OS. The molecule has 0 amide bonds. The van der Waals surface area contributed by atoms with E-state index in [1.165, 1.54) is 54.1 Å². The van der Waals surface area contributed by atoms with Crippen LogP contribution in [0.15, 0.2) is 0 Å². The van der Waals surface area contributed by atoms with Crippen LogP contribution in [0.5, 0.6) is 0 Å². The number of aromatic nitrogens is 1. The molecule has 0 saturated heterocycles. The van der Waals surface area contributed by atoms with Crippen LogP contribution in [0.1, 0.15) is 66.6 Å². The lowest BCUT2D eigenvalue weighted by atomic mass is 9.85. The minimum Gasteiger partial charge on any atom is -0.371 e. The summed E-state index contributed by atoms with van der Waals surface area (Å²) < 4.78 is 5.94. The highest BCUT2D eigenvalue weighted by atomic mass is 32.1. The number of hydrogen-bond acceptors (Lipinski definition) is 4. The van der Waals surface area contributed by atoms with Gasteiger partial charge in [-0.05, 0) is 39.2 Å². The normalized spacial score (nSPS) is 26.1. The van der Waals surface area contributed by atoms with E-state index in [2.05, 4.69) is 5.32 Å². The lowest BCUT2D eigenvalue weighted by Gasteiger charge is -2.34. The summed E-state index contributed by atoms with van der Waals surface area (Å²) in [6.45, 7) is 0. The summed E-state index contributed by atoms with van der Waals surface area (Å²) in [7, 11) is 3.91. The zero-order valence-corrected chi connectivity index (χ0v) is 12.8. The molecule has 1 heterocycles. The maximum atomic E-state index is 5.94. The molecule has 0 aliphatic heterocycles. The number of rotatable bonds is 3. The summed E-state index contributed by atoms with van der Waals surface area (Å²) >= 11 is 1.91. The molecule has 0 spiro atoms. The highest BCUT2D eigenvalue weighted by Crippen LogP contribution is 2.44. The number of hydrogen-bond donors (Lipinski definition) is 1. The first kappa shape index (κ1) is 13.5. The Morgan fingerprint density at radius 3 is 2.74 bits per heavy atom. The Kier molecular flexibility index (Phi) is 3.92. The van der Waals surface area contributed by atoms with Crippen LogP contribution in [0.2, 0.25) is 0 Å². The second-order valence-electron chi connectivity index (χ2n) is 5.82. The lowest BCUT2D eigenvalue weighted by molar-refractivity contribution is -0.0447. The van der Waals surface area contributed by atoms with Crippen molar-refractivity contribution in [2.45, 2.75) is 63.0 Å². The van der Waals surface area contributed by atoms with E-state index in [-0.39, 0.29) is 5.60 Å². The van der Waals surface area contributed by atoms with Crippen LogP contribution in [0, 0.1) is 0 Å². The van der Waals surface area contributed by atoms with Crippen LogP contribution in [0.25, 0.3) is 0 Å². The van der Waals surface area contributed by atoms with Gasteiger partial charge in [-0.1, -0.05) is 19.3 Å². The quantitative estimate of drug-likeness (QED) is 0.919. The second kappa shape index (κ2) is 5.51. The molecule has 2 aliphatic carbocycles. The third-order valence-corrected chi connectivity index (χ3v) is 6.06. The third kappa shape index (κ3) is 2.34. The van der Waals surface area contributed by atoms with E-state index in [1.807, 2.05) is 25.5 Å². The minimum atomic E-state index is -0.0848. The van der Waals surface area contributed by atoms with Crippen molar-refractivity contribution in [1.82, 2.24) is 10.3 Å². The van der Waals surface area contributed by atoms with Gasteiger partial charge in [0.2, 0.25) is 0 Å². The summed E-state index contributed by atoms with van der Waals surface area (Å²) in [4.78, 5) is 6.49. The molecule has 3 nitrogen and oxygen atoms in total. The van der Waals surface area contributed by atoms with Gasteiger partial charge in [0.25, 0.3) is 0 Å². The van der Waals surface area contributed by atoms with Crippen molar-refractivity contribution in [3.63, 3.8) is 0 Å². The number of nitrogens with zero attached hydrogens (tertiary/aromatic N) is 1. The fraction of sp³-hybridized carbons (Fsp3) is 0.800. The lowest BCUT2D eigenvalue weighted by Crippen LogP contribution is -2.31. The van der Waals surface area contributed by atoms with Crippen molar-refractivity contribution in [1.29, 1.82) is 0 Å². The summed E-state index contributed by atoms with van der Waals surface area (Å²) in [5, 5.41) is 4.65. The molecule has 0 radical (unpaired) electrons. The number of thiazole rings is 1. The Morgan fingerprint density at radius 1 is 1.26 bits per heavy atom. The van der Waals surface area contributed by atoms with Crippen LogP contribution in [0.3, 0.4) is 0 Å². The van der Waals surface area contributed by atoms with E-state index in [1.54, 1.807) is 0 Å². The molecule has 1 fully saturated rings. The van der Waals surface area contributed by atoms with E-state index in [0.717, 1.165) is 12.8 Å². The summed E-state index contributed by atoms with van der Waals surface area (Å²) in [5.74, 6) is 0. The van der Waals surface area contributed by atoms with Crippen molar-refractivity contribution in [3.05, 3.63) is 15.6 Å². The molecule has 106 valence electrons. The standard InChI is InChI=1S/C15H24N2OS/c1-16-11-7-6-8-12-13(11)17-14(19-12)15(18-2)9-4-3-5-10-15/h11,16H,3-10H2,1-2H3. The van der Waals surface area contributed by atoms with Crippen molar-refractivity contribution in [3.8, 4) is 0 Å². The van der Waals surface area contributed by atoms with E-state index >= 15 is 0 Å². The first-order chi connectivity index (χ1) is 9.29. The molecule has 1 N–H and O–H groups in total. The van der Waals surface area contributed by atoms with Gasteiger partial charge in [0, 0.05) is 12.0 Å². The maximum Gasteiger partial charge on any atom is 0.125 e. The first-order valence-electron chi connectivity index (χ1n) is 7.51. The van der Waals surface area contributed by atoms with Gasteiger partial charge in [0.15, 0.2) is 0 Å². The van der Waals surface area contributed by atoms with E-state index in [0.29, 0.717) is 6.04 Å². The van der Waals surface area contributed by atoms with Crippen LogP contribution < -0.4 is 5.32 Å². The Balaban J connectivity index is 1.94. The molecule has 1 unspecified atom stereocenters. The number of aryl methyl sites for hydroxylation is 1. The highest BCUT2D eigenvalue weighted by Gasteiger charge is 2.38. The molecule has 0 aromatic carbocycles. The number of nitrogens with one attached hydrogen (secondary N) is 1. The maximum absolute atomic E-state index is 5.94. The molecule has 2 aliphatic rings. The number of fused-ring (bicyclic) bond motifs is 1. The molecule has 1 saturated carbocycles. The first-order valence-corrected chi connectivity index (χ1v) is 8.33. The molecule has 1 atom stereocenters. The fourth-order valence-corrected chi connectivity index (χ4v) is 4.91. The predicted octanol–water partition coefficient (Wildman–Crippen LogP) is 3.55. The number of methoxy groups -OCH3 is 1. The van der Waals surface area contributed by atoms with Crippen molar-refractivity contribution >= 4 is 11.3 Å². The average Bonchev–Trinajstić information content (AvgIpc) is 2.92. The topological polar surface area (TPSA) is 34.1 Å². The summed E-state index contributed by atoms with van der Waals surface area (Å²) in [6, 6.07) is 0.450. The smallest absolute Gasteiger partial charge is 0.125 e. The van der Waals surface area contributed by atoms with Crippen LogP contribution in [-0.2, 0) is 16.8 Å². The van der Waals surface area contributed by atoms with E-state index < -0.39 is 0 Å². The highest BCUT2D eigenvalue weighted by molar-refractivity contribution is 7.11. The fourth-order valence-electron chi connectivity index (χ4n) is 3.52. The van der Waals surface area contributed by atoms with Crippen LogP contribution in [-0.4, -0.2) is 19.1 Å². The van der Waals surface area contributed by atoms with Gasteiger partial charge in [-0.2, -0.15) is 0 Å². The average molecular weight is 280 g/mol. The zero-order chi connectivity index (χ0) is 13.3. The van der Waals surface area contributed by atoms with Crippen LogP contribution >= 0.6 is 11.3 Å². The van der Waals surface area contributed by atoms with Gasteiger partial charge >= 0.3 is 0 Å². The van der Waals surface area contributed by atoms with E-state index in [9.17, 15) is 0 Å². The Bertz CT molecular complexity index is 437. The largest absolute Gasteiger partial charge is 0.371 e. The van der Waals surface area contributed by atoms with Gasteiger partial charge in [-0.15, -0.1) is 11.3 Å². The minimum absolute atomic E-state index is 0.0848. The Hall–Kier alpha value is -0.450. The zero-order valence-electron chi connectivity index (χ0n) is 12.0. The third-order valence-electron chi connectivity index (χ3n) is 4.74. The van der Waals surface area contributed by atoms with Gasteiger partial charge in [0.1, 0.15) is 10.6 Å². The summed E-state index contributed by atoms with van der Waals surface area (Å²) in [5.41, 5.74) is 1.22. The number of ether oxygens (including phenoxy) is 1. The monoisotopic (exact) mass is 280 g/mol. The summed E-state index contributed by atoms with van der Waals surface area (Å²) in [6.07, 6.45) is 9.86. The van der Waals surface area contributed by atoms with Gasteiger partial charge in [-0.3, -0.25) is 0 Å². The van der Waals surface area contributed by atoms with Gasteiger partial charge < -0.3 is 10.1 Å². The predicted molar refractivity (Wildman–Crippen MR) is 78.6 cm³/mol. The molecule has 1 aromatic rings. The second-order valence-corrected chi connectivity index (χ2v) is 6.90. The Morgan fingerprint density at radius 2 is 2.05 bits per heavy atom. The molecule has 1 aromatic heterocycles. The SMILES string of the molecule is CNC1CCCc2sc(C3(OC)CCCCC3)nc21. The van der Waals surface area contributed by atoms with Gasteiger partial charge in [0.05, 0.1) is 11.7 Å². The Labute approximate surface area is 119 Å². The van der Waals surface area contributed by atoms with Gasteiger partial charge in [-0.25, -0.2) is 4.98 Å². The molecule has 4 heteroatoms. The van der Waals surface area contributed by atoms with Crippen molar-refractivity contribution < 1.29 is 4.74 Å². The van der Waals surface area contributed by atoms with Crippen molar-refractivity contribution in [2.75, 3.05) is 14.2 Å².